The van der Waals surface area contributed by atoms with Crippen LogP contribution < -0.4 is 15.5 Å². The molecule has 0 saturated heterocycles. The van der Waals surface area contributed by atoms with E-state index in [0.29, 0.717) is 34.5 Å². The molecule has 0 saturated carbocycles. The normalized spacial score (nSPS) is 13.1. The van der Waals surface area contributed by atoms with Crippen molar-refractivity contribution in [3.8, 4) is 5.75 Å². The van der Waals surface area contributed by atoms with Gasteiger partial charge in [-0.3, -0.25) is 10.0 Å². The molecule has 6 nitrogen and oxygen atoms in total. The van der Waals surface area contributed by atoms with Gasteiger partial charge in [0.15, 0.2) is 0 Å². The van der Waals surface area contributed by atoms with Crippen LogP contribution in [0.2, 0.25) is 10.0 Å². The van der Waals surface area contributed by atoms with E-state index in [9.17, 15) is 9.90 Å². The van der Waals surface area contributed by atoms with Crippen molar-refractivity contribution in [2.45, 2.75) is 25.5 Å². The molecule has 8 heteroatoms. The first kappa shape index (κ1) is 21.5. The predicted molar refractivity (Wildman–Crippen MR) is 104 cm³/mol. The number of hydroxylamine groups is 1. The molecule has 4 N–H and O–H groups in total. The van der Waals surface area contributed by atoms with Crippen LogP contribution in [0.15, 0.2) is 42.5 Å². The Bertz CT molecular complexity index is 773. The van der Waals surface area contributed by atoms with Crippen molar-refractivity contribution in [1.82, 2.24) is 10.8 Å². The molecule has 27 heavy (non-hydrogen) atoms. The zero-order valence-corrected chi connectivity index (χ0v) is 16.3. The molecule has 1 amide bonds. The van der Waals surface area contributed by atoms with Gasteiger partial charge in [0.2, 0.25) is 5.91 Å². The minimum Gasteiger partial charge on any atom is -0.490 e. The first-order valence-corrected chi connectivity index (χ1v) is 9.15. The number of rotatable bonds is 9. The molecule has 0 aliphatic carbocycles. The molecule has 0 bridgehead atoms. The third kappa shape index (κ3) is 7.01. The van der Waals surface area contributed by atoms with Crippen molar-refractivity contribution in [1.29, 1.82) is 0 Å². The fourth-order valence-electron chi connectivity index (χ4n) is 2.41. The first-order chi connectivity index (χ1) is 12.9. The molecule has 0 spiro atoms. The van der Waals surface area contributed by atoms with Crippen molar-refractivity contribution in [3.63, 3.8) is 0 Å². The predicted octanol–water partition coefficient (Wildman–Crippen LogP) is 3.13. The van der Waals surface area contributed by atoms with E-state index in [4.69, 9.17) is 33.1 Å². The molecule has 0 radical (unpaired) electrons. The maximum absolute atomic E-state index is 11.2. The summed E-state index contributed by atoms with van der Waals surface area (Å²) in [5, 5.41) is 22.9. The molecule has 2 unspecified atom stereocenters. The van der Waals surface area contributed by atoms with E-state index in [2.05, 4.69) is 5.32 Å². The van der Waals surface area contributed by atoms with Gasteiger partial charge in [-0.15, -0.1) is 0 Å². The SMILES string of the molecule is CC(COc1ccc(CC(=O)NO)cc1Cl)NCC(O)c1cccc(Cl)c1. The lowest BCUT2D eigenvalue weighted by Crippen LogP contribution is -2.35. The van der Waals surface area contributed by atoms with Gasteiger partial charge in [-0.25, -0.2) is 5.48 Å². The van der Waals surface area contributed by atoms with Crippen LogP contribution in [0.4, 0.5) is 0 Å². The largest absolute Gasteiger partial charge is 0.490 e. The van der Waals surface area contributed by atoms with Gasteiger partial charge in [0.05, 0.1) is 17.5 Å². The van der Waals surface area contributed by atoms with Crippen molar-refractivity contribution in [2.24, 2.45) is 0 Å². The number of carbonyl (C=O) groups excluding carboxylic acids is 1. The Labute approximate surface area is 168 Å². The minimum atomic E-state index is -0.674. The summed E-state index contributed by atoms with van der Waals surface area (Å²) in [6.45, 7) is 2.63. The molecular weight excluding hydrogens is 391 g/mol. The van der Waals surface area contributed by atoms with Crippen molar-refractivity contribution < 1.29 is 19.8 Å². The number of hydrogen-bond acceptors (Lipinski definition) is 5. The molecule has 146 valence electrons. The minimum absolute atomic E-state index is 0.0237. The lowest BCUT2D eigenvalue weighted by Gasteiger charge is -2.18. The fraction of sp³-hybridized carbons (Fsp3) is 0.316. The van der Waals surface area contributed by atoms with Gasteiger partial charge in [0.25, 0.3) is 0 Å². The average molecular weight is 413 g/mol. The number of aliphatic hydroxyl groups excluding tert-OH is 1. The van der Waals surface area contributed by atoms with E-state index in [0.717, 1.165) is 5.56 Å². The Balaban J connectivity index is 1.81. The van der Waals surface area contributed by atoms with Gasteiger partial charge < -0.3 is 15.2 Å². The highest BCUT2D eigenvalue weighted by atomic mass is 35.5. The van der Waals surface area contributed by atoms with Crippen LogP contribution in [0, 0.1) is 0 Å². The zero-order valence-electron chi connectivity index (χ0n) is 14.8. The Hall–Kier alpha value is -1.83. The summed E-state index contributed by atoms with van der Waals surface area (Å²) < 4.78 is 5.69. The summed E-state index contributed by atoms with van der Waals surface area (Å²) in [6, 6.07) is 12.1. The summed E-state index contributed by atoms with van der Waals surface area (Å²) in [5.74, 6) is -0.0234. The van der Waals surface area contributed by atoms with Crippen molar-refractivity contribution in [3.05, 3.63) is 63.6 Å². The van der Waals surface area contributed by atoms with E-state index < -0.39 is 12.0 Å². The van der Waals surface area contributed by atoms with E-state index >= 15 is 0 Å². The quantitative estimate of drug-likeness (QED) is 0.375. The Morgan fingerprint density at radius 1 is 1.22 bits per heavy atom. The topological polar surface area (TPSA) is 90.8 Å². The number of benzene rings is 2. The lowest BCUT2D eigenvalue weighted by atomic mass is 10.1. The molecule has 2 aromatic carbocycles. The third-order valence-electron chi connectivity index (χ3n) is 3.87. The smallest absolute Gasteiger partial charge is 0.247 e. The van der Waals surface area contributed by atoms with E-state index in [1.54, 1.807) is 41.9 Å². The molecule has 2 aromatic rings. The van der Waals surface area contributed by atoms with Crippen LogP contribution >= 0.6 is 23.2 Å². The Morgan fingerprint density at radius 2 is 2.00 bits per heavy atom. The summed E-state index contributed by atoms with van der Waals surface area (Å²) in [6.07, 6.45) is -0.651. The van der Waals surface area contributed by atoms with Gasteiger partial charge in [-0.1, -0.05) is 41.4 Å². The maximum Gasteiger partial charge on any atom is 0.247 e. The fourth-order valence-corrected chi connectivity index (χ4v) is 2.87. The number of carbonyl (C=O) groups is 1. The van der Waals surface area contributed by atoms with E-state index in [1.165, 1.54) is 0 Å². The zero-order chi connectivity index (χ0) is 19.8. The molecule has 0 aliphatic heterocycles. The lowest BCUT2D eigenvalue weighted by molar-refractivity contribution is -0.128. The van der Waals surface area contributed by atoms with E-state index in [-0.39, 0.29) is 12.5 Å². The maximum atomic E-state index is 11.2. The van der Waals surface area contributed by atoms with Crippen LogP contribution in [-0.2, 0) is 11.2 Å². The van der Waals surface area contributed by atoms with Crippen LogP contribution in [0.5, 0.6) is 5.75 Å². The summed E-state index contributed by atoms with van der Waals surface area (Å²) in [4.78, 5) is 11.2. The summed E-state index contributed by atoms with van der Waals surface area (Å²) >= 11 is 12.1. The first-order valence-electron chi connectivity index (χ1n) is 8.40. The molecule has 0 heterocycles. The number of nitrogens with one attached hydrogen (secondary N) is 2. The van der Waals surface area contributed by atoms with Gasteiger partial charge in [0, 0.05) is 17.6 Å². The number of ether oxygens (including phenoxy) is 1. The Kier molecular flexibility index (Phi) is 8.34. The number of halogens is 2. The second-order valence-corrected chi connectivity index (χ2v) is 7.01. The highest BCUT2D eigenvalue weighted by Gasteiger charge is 2.12. The average Bonchev–Trinajstić information content (AvgIpc) is 2.65. The number of aliphatic hydroxyl groups is 1. The molecule has 0 fully saturated rings. The van der Waals surface area contributed by atoms with Crippen LogP contribution in [0.1, 0.15) is 24.2 Å². The van der Waals surface area contributed by atoms with Crippen molar-refractivity contribution in [2.75, 3.05) is 13.2 Å². The molecule has 2 rings (SSSR count). The monoisotopic (exact) mass is 412 g/mol. The van der Waals surface area contributed by atoms with Crippen LogP contribution in [0.3, 0.4) is 0 Å². The molecule has 0 aromatic heterocycles. The molecule has 2 atom stereocenters. The van der Waals surface area contributed by atoms with Crippen LogP contribution in [-0.4, -0.2) is 35.4 Å². The molecule has 0 aliphatic rings. The second kappa shape index (κ2) is 10.5. The van der Waals surface area contributed by atoms with Crippen LogP contribution in [0.25, 0.3) is 0 Å². The van der Waals surface area contributed by atoms with Crippen molar-refractivity contribution >= 4 is 29.1 Å². The van der Waals surface area contributed by atoms with Gasteiger partial charge in [0.1, 0.15) is 12.4 Å². The van der Waals surface area contributed by atoms with Gasteiger partial charge in [-0.05, 0) is 42.3 Å². The Morgan fingerprint density at radius 3 is 2.67 bits per heavy atom. The molecular formula is C19H22Cl2N2O4. The third-order valence-corrected chi connectivity index (χ3v) is 4.40. The highest BCUT2D eigenvalue weighted by Crippen LogP contribution is 2.26. The van der Waals surface area contributed by atoms with E-state index in [1.807, 2.05) is 13.0 Å². The summed E-state index contributed by atoms with van der Waals surface area (Å²) in [5.41, 5.74) is 2.98. The number of hydrogen-bond donors (Lipinski definition) is 4. The standard InChI is InChI=1S/C19H22Cl2N2O4/c1-12(22-10-17(24)14-3-2-4-15(20)9-14)11-27-18-6-5-13(7-16(18)21)8-19(25)23-26/h2-7,9,12,17,22,24,26H,8,10-11H2,1H3,(H,23,25). The second-order valence-electron chi connectivity index (χ2n) is 6.17. The number of amides is 1. The van der Waals surface area contributed by atoms with Gasteiger partial charge >= 0.3 is 0 Å². The summed E-state index contributed by atoms with van der Waals surface area (Å²) in [7, 11) is 0. The van der Waals surface area contributed by atoms with Gasteiger partial charge in [-0.2, -0.15) is 0 Å². The highest BCUT2D eigenvalue weighted by molar-refractivity contribution is 6.32.